The number of carbonyl (C=O) groups is 2. The van der Waals surface area contributed by atoms with Gasteiger partial charge in [-0.2, -0.15) is 0 Å². The number of urea groups is 1. The molecule has 0 aliphatic carbocycles. The normalized spacial score (nSPS) is 14.8. The Morgan fingerprint density at radius 1 is 1.08 bits per heavy atom. The fourth-order valence-electron chi connectivity index (χ4n) is 2.91. The molecule has 2 N–H and O–H groups in total. The van der Waals surface area contributed by atoms with Crippen molar-refractivity contribution < 1.29 is 9.59 Å². The third-order valence-corrected chi connectivity index (χ3v) is 4.32. The van der Waals surface area contributed by atoms with Crippen LogP contribution in [0.5, 0.6) is 0 Å². The van der Waals surface area contributed by atoms with Gasteiger partial charge in [-0.3, -0.25) is 9.78 Å². The molecule has 130 valence electrons. The van der Waals surface area contributed by atoms with Crippen LogP contribution in [0.25, 0.3) is 0 Å². The molecule has 25 heavy (non-hydrogen) atoms. The van der Waals surface area contributed by atoms with Gasteiger partial charge in [-0.25, -0.2) is 4.79 Å². The highest BCUT2D eigenvalue weighted by Crippen LogP contribution is 2.13. The molecule has 0 saturated carbocycles. The third-order valence-electron chi connectivity index (χ3n) is 4.32. The van der Waals surface area contributed by atoms with Gasteiger partial charge in [0.05, 0.1) is 5.56 Å². The fraction of sp³-hybridized carbons (Fsp3) is 0.316. The third kappa shape index (κ3) is 4.79. The molecule has 0 bridgehead atoms. The van der Waals surface area contributed by atoms with Crippen molar-refractivity contribution in [2.24, 2.45) is 0 Å². The second-order valence-electron chi connectivity index (χ2n) is 6.12. The molecule has 1 aromatic carbocycles. The van der Waals surface area contributed by atoms with Gasteiger partial charge in [0.25, 0.3) is 5.91 Å². The molecule has 1 aliphatic rings. The van der Waals surface area contributed by atoms with Crippen molar-refractivity contribution >= 4 is 11.9 Å². The van der Waals surface area contributed by atoms with E-state index in [1.807, 2.05) is 35.2 Å². The van der Waals surface area contributed by atoms with Crippen LogP contribution in [0.1, 0.15) is 28.8 Å². The summed E-state index contributed by atoms with van der Waals surface area (Å²) >= 11 is 0. The van der Waals surface area contributed by atoms with Gasteiger partial charge < -0.3 is 15.5 Å². The first kappa shape index (κ1) is 17.0. The first-order valence-corrected chi connectivity index (χ1v) is 8.50. The maximum atomic E-state index is 12.4. The van der Waals surface area contributed by atoms with Gasteiger partial charge in [0, 0.05) is 38.1 Å². The van der Waals surface area contributed by atoms with E-state index in [4.69, 9.17) is 0 Å². The lowest BCUT2D eigenvalue weighted by molar-refractivity contribution is 0.0708. The molecule has 0 radical (unpaired) electrons. The predicted octanol–water partition coefficient (Wildman–Crippen LogP) is 2.19. The Balaban J connectivity index is 1.41. The Hall–Kier alpha value is -2.89. The van der Waals surface area contributed by atoms with E-state index in [0.29, 0.717) is 25.2 Å². The molecular weight excluding hydrogens is 316 g/mol. The lowest BCUT2D eigenvalue weighted by Gasteiger charge is -2.32. The van der Waals surface area contributed by atoms with Crippen LogP contribution in [-0.4, -0.2) is 41.0 Å². The van der Waals surface area contributed by atoms with E-state index in [0.717, 1.165) is 18.4 Å². The maximum Gasteiger partial charge on any atom is 0.315 e. The van der Waals surface area contributed by atoms with Crippen LogP contribution in [0, 0.1) is 0 Å². The Labute approximate surface area is 147 Å². The van der Waals surface area contributed by atoms with Gasteiger partial charge >= 0.3 is 6.03 Å². The molecule has 3 rings (SSSR count). The average Bonchev–Trinajstić information content (AvgIpc) is 2.68. The molecule has 0 spiro atoms. The number of pyridine rings is 1. The van der Waals surface area contributed by atoms with Crippen molar-refractivity contribution in [3.8, 4) is 0 Å². The van der Waals surface area contributed by atoms with Gasteiger partial charge in [-0.05, 0) is 30.5 Å². The Morgan fingerprint density at radius 2 is 1.84 bits per heavy atom. The van der Waals surface area contributed by atoms with Crippen LogP contribution < -0.4 is 10.6 Å². The number of aromatic nitrogens is 1. The summed E-state index contributed by atoms with van der Waals surface area (Å²) in [5.41, 5.74) is 1.67. The Kier molecular flexibility index (Phi) is 5.61. The summed E-state index contributed by atoms with van der Waals surface area (Å²) in [5, 5.41) is 5.86. The van der Waals surface area contributed by atoms with Crippen LogP contribution in [-0.2, 0) is 6.54 Å². The second kappa shape index (κ2) is 8.28. The minimum atomic E-state index is -0.166. The zero-order chi connectivity index (χ0) is 17.5. The first-order valence-electron chi connectivity index (χ1n) is 8.50. The lowest BCUT2D eigenvalue weighted by atomic mass is 10.0. The van der Waals surface area contributed by atoms with Crippen LogP contribution in [0.2, 0.25) is 0 Å². The standard InChI is InChI=1S/C19H22N4O2/c24-18(16-7-4-10-20-14-16)23-11-8-17(9-12-23)22-19(25)21-13-15-5-2-1-3-6-15/h1-7,10,14,17H,8-9,11-13H2,(H2,21,22,25). The average molecular weight is 338 g/mol. The van der Waals surface area contributed by atoms with E-state index >= 15 is 0 Å². The summed E-state index contributed by atoms with van der Waals surface area (Å²) in [6.45, 7) is 1.78. The summed E-state index contributed by atoms with van der Waals surface area (Å²) in [5.74, 6) is 0.0000733. The van der Waals surface area contributed by atoms with Crippen LogP contribution in [0.15, 0.2) is 54.9 Å². The summed E-state index contributed by atoms with van der Waals surface area (Å²) in [4.78, 5) is 30.2. The van der Waals surface area contributed by atoms with Crippen molar-refractivity contribution in [2.45, 2.75) is 25.4 Å². The molecular formula is C19H22N4O2. The summed E-state index contributed by atoms with van der Waals surface area (Å²) in [7, 11) is 0. The monoisotopic (exact) mass is 338 g/mol. The maximum absolute atomic E-state index is 12.4. The minimum absolute atomic E-state index is 0.0000733. The number of likely N-dealkylation sites (tertiary alicyclic amines) is 1. The number of carbonyl (C=O) groups excluding carboxylic acids is 2. The van der Waals surface area contributed by atoms with E-state index in [1.165, 1.54) is 0 Å². The second-order valence-corrected chi connectivity index (χ2v) is 6.12. The highest BCUT2D eigenvalue weighted by atomic mass is 16.2. The predicted molar refractivity (Wildman–Crippen MR) is 95.0 cm³/mol. The number of amides is 3. The molecule has 1 fully saturated rings. The number of benzene rings is 1. The molecule has 6 nitrogen and oxygen atoms in total. The molecule has 2 aromatic rings. The van der Waals surface area contributed by atoms with Crippen LogP contribution in [0.3, 0.4) is 0 Å². The molecule has 0 unspecified atom stereocenters. The van der Waals surface area contributed by atoms with E-state index in [2.05, 4.69) is 15.6 Å². The fourth-order valence-corrected chi connectivity index (χ4v) is 2.91. The molecule has 3 amide bonds. The number of piperidine rings is 1. The summed E-state index contributed by atoms with van der Waals surface area (Å²) in [6.07, 6.45) is 4.75. The summed E-state index contributed by atoms with van der Waals surface area (Å²) < 4.78 is 0. The first-order chi connectivity index (χ1) is 12.2. The quantitative estimate of drug-likeness (QED) is 0.897. The summed E-state index contributed by atoms with van der Waals surface area (Å²) in [6, 6.07) is 13.3. The molecule has 0 atom stereocenters. The van der Waals surface area contributed by atoms with Crippen LogP contribution in [0.4, 0.5) is 4.79 Å². The van der Waals surface area contributed by atoms with Crippen LogP contribution >= 0.6 is 0 Å². The number of nitrogens with one attached hydrogen (secondary N) is 2. The smallest absolute Gasteiger partial charge is 0.315 e. The number of nitrogens with zero attached hydrogens (tertiary/aromatic N) is 2. The largest absolute Gasteiger partial charge is 0.338 e. The minimum Gasteiger partial charge on any atom is -0.338 e. The number of hydrogen-bond acceptors (Lipinski definition) is 3. The molecule has 1 aliphatic heterocycles. The van der Waals surface area contributed by atoms with Crippen molar-refractivity contribution in [3.05, 3.63) is 66.0 Å². The highest BCUT2D eigenvalue weighted by Gasteiger charge is 2.24. The lowest BCUT2D eigenvalue weighted by Crippen LogP contribution is -2.49. The van der Waals surface area contributed by atoms with Gasteiger partial charge in [0.2, 0.25) is 0 Å². The van der Waals surface area contributed by atoms with Gasteiger partial charge in [-0.1, -0.05) is 30.3 Å². The highest BCUT2D eigenvalue weighted by molar-refractivity contribution is 5.93. The van der Waals surface area contributed by atoms with Gasteiger partial charge in [0.1, 0.15) is 0 Å². The molecule has 1 aromatic heterocycles. The van der Waals surface area contributed by atoms with E-state index < -0.39 is 0 Å². The molecule has 2 heterocycles. The molecule has 6 heteroatoms. The van der Waals surface area contributed by atoms with Crippen molar-refractivity contribution in [3.63, 3.8) is 0 Å². The topological polar surface area (TPSA) is 74.3 Å². The number of rotatable bonds is 4. The Morgan fingerprint density at radius 3 is 2.52 bits per heavy atom. The Bertz CT molecular complexity index is 698. The van der Waals surface area contributed by atoms with Gasteiger partial charge in [-0.15, -0.1) is 0 Å². The number of hydrogen-bond donors (Lipinski definition) is 2. The molecule has 1 saturated heterocycles. The van der Waals surface area contributed by atoms with E-state index in [1.54, 1.807) is 24.5 Å². The van der Waals surface area contributed by atoms with Crippen molar-refractivity contribution in [2.75, 3.05) is 13.1 Å². The van der Waals surface area contributed by atoms with E-state index in [9.17, 15) is 9.59 Å². The van der Waals surface area contributed by atoms with Crippen molar-refractivity contribution in [1.29, 1.82) is 0 Å². The SMILES string of the molecule is O=C(NCc1ccccc1)NC1CCN(C(=O)c2cccnc2)CC1. The zero-order valence-electron chi connectivity index (χ0n) is 14.0. The van der Waals surface area contributed by atoms with E-state index in [-0.39, 0.29) is 18.0 Å². The zero-order valence-corrected chi connectivity index (χ0v) is 14.0. The van der Waals surface area contributed by atoms with Gasteiger partial charge in [0.15, 0.2) is 0 Å². The van der Waals surface area contributed by atoms with Crippen molar-refractivity contribution in [1.82, 2.24) is 20.5 Å².